The van der Waals surface area contributed by atoms with E-state index >= 15 is 0 Å². The van der Waals surface area contributed by atoms with E-state index in [0.717, 1.165) is 31.6 Å². The molecule has 1 aromatic carbocycles. The molecule has 2 unspecified atom stereocenters. The molecule has 2 bridgehead atoms. The van der Waals surface area contributed by atoms with Crippen LogP contribution >= 0.6 is 0 Å². The van der Waals surface area contributed by atoms with Crippen LogP contribution in [0.4, 0.5) is 0 Å². The molecule has 1 N–H and O–H groups in total. The van der Waals surface area contributed by atoms with Crippen molar-refractivity contribution in [3.05, 3.63) is 35.4 Å². The summed E-state index contributed by atoms with van der Waals surface area (Å²) in [6.45, 7) is 6.69. The number of nitrogens with one attached hydrogen (secondary N) is 1. The lowest BCUT2D eigenvalue weighted by atomic mass is 10.1. The topological polar surface area (TPSA) is 15.3 Å². The zero-order chi connectivity index (χ0) is 12.4. The molecule has 1 aliphatic heterocycles. The molecule has 2 atom stereocenters. The van der Waals surface area contributed by atoms with Crippen LogP contribution in [0.15, 0.2) is 24.3 Å². The predicted molar refractivity (Wildman–Crippen MR) is 75.4 cm³/mol. The Balaban J connectivity index is 1.62. The van der Waals surface area contributed by atoms with E-state index in [1.807, 2.05) is 0 Å². The maximum atomic E-state index is 3.40. The molecule has 1 aliphatic carbocycles. The molecule has 3 rings (SSSR count). The van der Waals surface area contributed by atoms with Gasteiger partial charge in [-0.1, -0.05) is 31.2 Å². The molecule has 2 nitrogen and oxygen atoms in total. The summed E-state index contributed by atoms with van der Waals surface area (Å²) < 4.78 is 0. The Morgan fingerprint density at radius 3 is 2.89 bits per heavy atom. The fourth-order valence-electron chi connectivity index (χ4n) is 3.56. The lowest BCUT2D eigenvalue weighted by Crippen LogP contribution is -2.31. The SMILES string of the molecule is CCNCc1cccc(CN2CC3CCC2C3)c1. The summed E-state index contributed by atoms with van der Waals surface area (Å²) in [6, 6.07) is 9.96. The van der Waals surface area contributed by atoms with Crippen LogP contribution in [0.5, 0.6) is 0 Å². The van der Waals surface area contributed by atoms with Crippen molar-refractivity contribution in [1.82, 2.24) is 10.2 Å². The van der Waals surface area contributed by atoms with E-state index in [1.165, 1.54) is 36.9 Å². The highest BCUT2D eigenvalue weighted by Crippen LogP contribution is 2.38. The van der Waals surface area contributed by atoms with Crippen LogP contribution in [0.25, 0.3) is 0 Å². The van der Waals surface area contributed by atoms with Crippen LogP contribution in [0.3, 0.4) is 0 Å². The molecule has 0 amide bonds. The van der Waals surface area contributed by atoms with Crippen molar-refractivity contribution in [3.63, 3.8) is 0 Å². The van der Waals surface area contributed by atoms with Gasteiger partial charge in [-0.15, -0.1) is 0 Å². The minimum atomic E-state index is 0.882. The highest BCUT2D eigenvalue weighted by molar-refractivity contribution is 5.23. The number of piperidine rings is 1. The van der Waals surface area contributed by atoms with Gasteiger partial charge in [0.2, 0.25) is 0 Å². The Kier molecular flexibility index (Phi) is 3.67. The molecule has 1 aromatic rings. The number of hydrogen-bond acceptors (Lipinski definition) is 2. The lowest BCUT2D eigenvalue weighted by molar-refractivity contribution is 0.205. The lowest BCUT2D eigenvalue weighted by Gasteiger charge is -2.26. The second-order valence-corrected chi connectivity index (χ2v) is 5.86. The van der Waals surface area contributed by atoms with Crippen molar-refractivity contribution < 1.29 is 0 Å². The zero-order valence-electron chi connectivity index (χ0n) is 11.4. The molecule has 2 fully saturated rings. The van der Waals surface area contributed by atoms with Gasteiger partial charge in [-0.2, -0.15) is 0 Å². The number of nitrogens with zero attached hydrogens (tertiary/aromatic N) is 1. The van der Waals surface area contributed by atoms with Gasteiger partial charge in [-0.3, -0.25) is 4.90 Å². The average molecular weight is 244 g/mol. The van der Waals surface area contributed by atoms with Crippen molar-refractivity contribution in [2.24, 2.45) is 5.92 Å². The van der Waals surface area contributed by atoms with E-state index in [-0.39, 0.29) is 0 Å². The number of likely N-dealkylation sites (tertiary alicyclic amines) is 1. The van der Waals surface area contributed by atoms with E-state index < -0.39 is 0 Å². The Labute approximate surface area is 110 Å². The zero-order valence-corrected chi connectivity index (χ0v) is 11.4. The molecule has 18 heavy (non-hydrogen) atoms. The highest BCUT2D eigenvalue weighted by Gasteiger charge is 2.37. The first kappa shape index (κ1) is 12.2. The number of fused-ring (bicyclic) bond motifs is 2. The minimum absolute atomic E-state index is 0.882. The van der Waals surface area contributed by atoms with E-state index in [1.54, 1.807) is 0 Å². The Hall–Kier alpha value is -0.860. The molecular formula is C16H24N2. The second kappa shape index (κ2) is 5.41. The molecule has 2 heteroatoms. The van der Waals surface area contributed by atoms with Crippen molar-refractivity contribution in [2.45, 2.75) is 45.3 Å². The van der Waals surface area contributed by atoms with Crippen molar-refractivity contribution in [1.29, 1.82) is 0 Å². The number of benzene rings is 1. The standard InChI is InChI=1S/C16H24N2/c1-2-17-10-13-4-3-5-14(8-13)11-18-12-15-6-7-16(18)9-15/h3-5,8,15-17H,2,6-7,9-12H2,1H3. The summed E-state index contributed by atoms with van der Waals surface area (Å²) in [5.41, 5.74) is 2.90. The van der Waals surface area contributed by atoms with Gasteiger partial charge in [0.05, 0.1) is 0 Å². The van der Waals surface area contributed by atoms with Crippen LogP contribution in [-0.4, -0.2) is 24.0 Å². The Bertz CT molecular complexity index is 402. The molecule has 98 valence electrons. The summed E-state index contributed by atoms with van der Waals surface area (Å²) in [7, 11) is 0. The van der Waals surface area contributed by atoms with E-state index in [4.69, 9.17) is 0 Å². The third kappa shape index (κ3) is 2.60. The van der Waals surface area contributed by atoms with Crippen molar-refractivity contribution in [3.8, 4) is 0 Å². The predicted octanol–water partition coefficient (Wildman–Crippen LogP) is 2.78. The minimum Gasteiger partial charge on any atom is -0.313 e. The van der Waals surface area contributed by atoms with Gasteiger partial charge in [0.15, 0.2) is 0 Å². The third-order valence-corrected chi connectivity index (χ3v) is 4.48. The van der Waals surface area contributed by atoms with Gasteiger partial charge >= 0.3 is 0 Å². The van der Waals surface area contributed by atoms with Crippen LogP contribution < -0.4 is 5.32 Å². The summed E-state index contributed by atoms with van der Waals surface area (Å²) in [6.07, 6.45) is 4.36. The molecular weight excluding hydrogens is 220 g/mol. The van der Waals surface area contributed by atoms with Crippen LogP contribution in [0.1, 0.15) is 37.3 Å². The second-order valence-electron chi connectivity index (χ2n) is 5.86. The number of hydrogen-bond donors (Lipinski definition) is 1. The Morgan fingerprint density at radius 2 is 2.17 bits per heavy atom. The van der Waals surface area contributed by atoms with Gasteiger partial charge < -0.3 is 5.32 Å². The largest absolute Gasteiger partial charge is 0.313 e. The molecule has 2 aliphatic rings. The molecule has 1 heterocycles. The van der Waals surface area contributed by atoms with Crippen molar-refractivity contribution in [2.75, 3.05) is 13.1 Å². The van der Waals surface area contributed by atoms with Crippen LogP contribution in [0, 0.1) is 5.92 Å². The third-order valence-electron chi connectivity index (χ3n) is 4.48. The quantitative estimate of drug-likeness (QED) is 0.857. The van der Waals surface area contributed by atoms with E-state index in [2.05, 4.69) is 41.4 Å². The summed E-state index contributed by atoms with van der Waals surface area (Å²) in [4.78, 5) is 2.69. The van der Waals surface area contributed by atoms with Gasteiger partial charge in [-0.05, 0) is 42.9 Å². The van der Waals surface area contributed by atoms with Crippen LogP contribution in [0.2, 0.25) is 0 Å². The first-order valence-electron chi connectivity index (χ1n) is 7.37. The highest BCUT2D eigenvalue weighted by atomic mass is 15.2. The fraction of sp³-hybridized carbons (Fsp3) is 0.625. The molecule has 0 spiro atoms. The normalized spacial score (nSPS) is 26.9. The van der Waals surface area contributed by atoms with Gasteiger partial charge in [-0.25, -0.2) is 0 Å². The molecule has 1 saturated heterocycles. The first-order chi connectivity index (χ1) is 8.85. The Morgan fingerprint density at radius 1 is 1.28 bits per heavy atom. The van der Waals surface area contributed by atoms with Crippen LogP contribution in [-0.2, 0) is 13.1 Å². The maximum Gasteiger partial charge on any atom is 0.0236 e. The van der Waals surface area contributed by atoms with Gasteiger partial charge in [0.25, 0.3) is 0 Å². The summed E-state index contributed by atoms with van der Waals surface area (Å²) >= 11 is 0. The van der Waals surface area contributed by atoms with E-state index in [9.17, 15) is 0 Å². The smallest absolute Gasteiger partial charge is 0.0236 e. The van der Waals surface area contributed by atoms with E-state index in [0.29, 0.717) is 0 Å². The fourth-order valence-corrected chi connectivity index (χ4v) is 3.56. The first-order valence-corrected chi connectivity index (χ1v) is 7.37. The van der Waals surface area contributed by atoms with Gasteiger partial charge in [0, 0.05) is 25.7 Å². The maximum absolute atomic E-state index is 3.40. The summed E-state index contributed by atoms with van der Waals surface area (Å²) in [5, 5.41) is 3.40. The average Bonchev–Trinajstić information content (AvgIpc) is 2.99. The van der Waals surface area contributed by atoms with Gasteiger partial charge in [0.1, 0.15) is 0 Å². The molecule has 1 saturated carbocycles. The van der Waals surface area contributed by atoms with Crippen molar-refractivity contribution >= 4 is 0 Å². The monoisotopic (exact) mass is 244 g/mol. The molecule has 0 aromatic heterocycles. The molecule has 0 radical (unpaired) electrons. The number of rotatable bonds is 5. The summed E-state index contributed by atoms with van der Waals surface area (Å²) in [5.74, 6) is 1.000.